The first-order valence-corrected chi connectivity index (χ1v) is 6.78. The molecular formula is C15H21NO6. The lowest BCUT2D eigenvalue weighted by molar-refractivity contribution is -0.306. The van der Waals surface area contributed by atoms with Crippen LogP contribution in [-0.2, 0) is 25.9 Å². The highest BCUT2D eigenvalue weighted by Gasteiger charge is 2.24. The van der Waals surface area contributed by atoms with Crippen molar-refractivity contribution in [1.82, 2.24) is 5.32 Å². The minimum absolute atomic E-state index is 0.180. The Bertz CT molecular complexity index is 483. The maximum absolute atomic E-state index is 11.5. The van der Waals surface area contributed by atoms with Gasteiger partial charge in [-0.1, -0.05) is 30.3 Å². The fourth-order valence-corrected chi connectivity index (χ4v) is 1.42. The van der Waals surface area contributed by atoms with Crippen molar-refractivity contribution in [2.24, 2.45) is 0 Å². The van der Waals surface area contributed by atoms with Crippen molar-refractivity contribution in [3.05, 3.63) is 35.9 Å². The van der Waals surface area contributed by atoms with Crippen LogP contribution in [0.3, 0.4) is 0 Å². The highest BCUT2D eigenvalue weighted by molar-refractivity contribution is 5.80. The largest absolute Gasteiger partial charge is 0.480 e. The molecule has 2 N–H and O–H groups in total. The van der Waals surface area contributed by atoms with E-state index in [0.29, 0.717) is 0 Å². The number of hydrogen-bond acceptors (Lipinski definition) is 5. The molecule has 0 saturated heterocycles. The zero-order valence-electron chi connectivity index (χ0n) is 12.9. The number of nitrogens with one attached hydrogen (secondary N) is 1. The molecule has 1 aromatic rings. The normalized spacial score (nSPS) is 12.5. The van der Waals surface area contributed by atoms with Crippen molar-refractivity contribution >= 4 is 12.1 Å². The summed E-state index contributed by atoms with van der Waals surface area (Å²) in [5.41, 5.74) is 0.173. The Morgan fingerprint density at radius 3 is 2.36 bits per heavy atom. The quantitative estimate of drug-likeness (QED) is 0.455. The van der Waals surface area contributed by atoms with Crippen molar-refractivity contribution < 1.29 is 29.2 Å². The van der Waals surface area contributed by atoms with E-state index in [9.17, 15) is 9.59 Å². The Balaban J connectivity index is 2.35. The molecule has 0 aromatic heterocycles. The summed E-state index contributed by atoms with van der Waals surface area (Å²) in [5, 5.41) is 11.2. The third-order valence-corrected chi connectivity index (χ3v) is 2.38. The van der Waals surface area contributed by atoms with Gasteiger partial charge in [-0.2, -0.15) is 0 Å². The minimum atomic E-state index is -1.26. The van der Waals surface area contributed by atoms with E-state index in [1.807, 2.05) is 30.3 Å². The van der Waals surface area contributed by atoms with Crippen molar-refractivity contribution in [3.8, 4) is 0 Å². The monoisotopic (exact) mass is 311 g/mol. The zero-order chi connectivity index (χ0) is 16.6. The molecule has 1 rings (SSSR count). The van der Waals surface area contributed by atoms with Crippen molar-refractivity contribution in [1.29, 1.82) is 0 Å². The van der Waals surface area contributed by atoms with E-state index in [4.69, 9.17) is 19.6 Å². The Kier molecular flexibility index (Phi) is 6.81. The fraction of sp³-hybridized carbons (Fsp3) is 0.467. The van der Waals surface area contributed by atoms with Crippen LogP contribution in [0.15, 0.2) is 30.3 Å². The highest BCUT2D eigenvalue weighted by Crippen LogP contribution is 2.07. The molecule has 0 heterocycles. The second kappa shape index (κ2) is 8.35. The van der Waals surface area contributed by atoms with Crippen LogP contribution in [0.5, 0.6) is 0 Å². The van der Waals surface area contributed by atoms with Crippen LogP contribution in [-0.4, -0.2) is 35.4 Å². The van der Waals surface area contributed by atoms with Crippen LogP contribution >= 0.6 is 0 Å². The van der Waals surface area contributed by atoms with Gasteiger partial charge in [0.2, 0.25) is 0 Å². The maximum Gasteiger partial charge on any atom is 0.408 e. The first kappa shape index (κ1) is 17.9. The van der Waals surface area contributed by atoms with E-state index < -0.39 is 23.7 Å². The molecule has 0 aliphatic heterocycles. The van der Waals surface area contributed by atoms with E-state index in [-0.39, 0.29) is 13.2 Å². The molecule has 0 bridgehead atoms. The Hall–Kier alpha value is -2.12. The van der Waals surface area contributed by atoms with Crippen LogP contribution in [0.25, 0.3) is 0 Å². The molecule has 122 valence electrons. The molecule has 1 amide bonds. The molecule has 0 unspecified atom stereocenters. The second-order valence-corrected chi connectivity index (χ2v) is 5.57. The summed E-state index contributed by atoms with van der Waals surface area (Å²) >= 11 is 0. The maximum atomic E-state index is 11.5. The van der Waals surface area contributed by atoms with Crippen LogP contribution in [0, 0.1) is 0 Å². The highest BCUT2D eigenvalue weighted by atomic mass is 17.2. The molecule has 0 fully saturated rings. The van der Waals surface area contributed by atoms with Gasteiger partial charge in [0.25, 0.3) is 0 Å². The third-order valence-electron chi connectivity index (χ3n) is 2.38. The Morgan fingerprint density at radius 2 is 1.82 bits per heavy atom. The van der Waals surface area contributed by atoms with Gasteiger partial charge < -0.3 is 15.2 Å². The number of alkyl carbamates (subject to hydrolysis) is 1. The second-order valence-electron chi connectivity index (χ2n) is 5.57. The molecule has 0 saturated carbocycles. The van der Waals surface area contributed by atoms with Gasteiger partial charge in [-0.25, -0.2) is 19.4 Å². The third kappa shape index (κ3) is 7.61. The van der Waals surface area contributed by atoms with Gasteiger partial charge in [0.15, 0.2) is 6.04 Å². The molecule has 0 aliphatic rings. The average Bonchev–Trinajstić information content (AvgIpc) is 2.41. The van der Waals surface area contributed by atoms with Crippen molar-refractivity contribution in [2.45, 2.75) is 39.0 Å². The summed E-state index contributed by atoms with van der Waals surface area (Å²) in [4.78, 5) is 32.4. The van der Waals surface area contributed by atoms with Gasteiger partial charge in [0, 0.05) is 0 Å². The number of amides is 1. The summed E-state index contributed by atoms with van der Waals surface area (Å²) < 4.78 is 4.98. The number of ether oxygens (including phenoxy) is 1. The van der Waals surface area contributed by atoms with Crippen LogP contribution < -0.4 is 5.32 Å². The lowest BCUT2D eigenvalue weighted by Gasteiger charge is -2.21. The van der Waals surface area contributed by atoms with E-state index in [1.54, 1.807) is 20.8 Å². The molecule has 22 heavy (non-hydrogen) atoms. The lowest BCUT2D eigenvalue weighted by atomic mass is 10.2. The van der Waals surface area contributed by atoms with Gasteiger partial charge in [-0.3, -0.25) is 0 Å². The van der Waals surface area contributed by atoms with Crippen LogP contribution in [0.4, 0.5) is 4.79 Å². The van der Waals surface area contributed by atoms with Crippen molar-refractivity contribution in [2.75, 3.05) is 6.61 Å². The van der Waals surface area contributed by atoms with Gasteiger partial charge >= 0.3 is 12.1 Å². The topological polar surface area (TPSA) is 94.1 Å². The summed E-state index contributed by atoms with van der Waals surface area (Å²) in [6.45, 7) is 4.90. The molecule has 0 radical (unpaired) electrons. The number of rotatable bonds is 7. The van der Waals surface area contributed by atoms with Gasteiger partial charge in [-0.15, -0.1) is 0 Å². The van der Waals surface area contributed by atoms with Crippen LogP contribution in [0.1, 0.15) is 26.3 Å². The summed E-state index contributed by atoms with van der Waals surface area (Å²) in [6, 6.07) is 8.00. The molecule has 1 atom stereocenters. The molecule has 7 heteroatoms. The molecule has 0 aliphatic carbocycles. The first-order valence-electron chi connectivity index (χ1n) is 6.78. The Morgan fingerprint density at radius 1 is 1.18 bits per heavy atom. The summed E-state index contributed by atoms with van der Waals surface area (Å²) in [5.74, 6) is -1.24. The number of hydrogen-bond donors (Lipinski definition) is 2. The minimum Gasteiger partial charge on any atom is -0.480 e. The van der Waals surface area contributed by atoms with Gasteiger partial charge in [0.05, 0.1) is 0 Å². The first-order chi connectivity index (χ1) is 10.3. The fourth-order valence-electron chi connectivity index (χ4n) is 1.42. The lowest BCUT2D eigenvalue weighted by Crippen LogP contribution is -2.46. The van der Waals surface area contributed by atoms with E-state index >= 15 is 0 Å². The van der Waals surface area contributed by atoms with Gasteiger partial charge in [0.1, 0.15) is 18.8 Å². The van der Waals surface area contributed by atoms with E-state index in [1.165, 1.54) is 0 Å². The Labute approximate surface area is 129 Å². The molecular weight excluding hydrogens is 290 g/mol. The number of carboxylic acids is 1. The zero-order valence-corrected chi connectivity index (χ0v) is 12.9. The van der Waals surface area contributed by atoms with Crippen molar-refractivity contribution in [3.63, 3.8) is 0 Å². The van der Waals surface area contributed by atoms with Crippen LogP contribution in [0.2, 0.25) is 0 Å². The smallest absolute Gasteiger partial charge is 0.408 e. The van der Waals surface area contributed by atoms with E-state index in [0.717, 1.165) is 5.56 Å². The number of benzene rings is 1. The number of carbonyl (C=O) groups excluding carboxylic acids is 1. The number of carboxylic acid groups (broad SMARTS) is 1. The average molecular weight is 311 g/mol. The van der Waals surface area contributed by atoms with Gasteiger partial charge in [-0.05, 0) is 26.3 Å². The molecule has 0 spiro atoms. The SMILES string of the molecule is CC(C)(C)OC(=O)N[C@@H](COOCc1ccccc1)C(=O)O. The van der Waals surface area contributed by atoms with E-state index in [2.05, 4.69) is 5.32 Å². The predicted octanol–water partition coefficient (Wildman–Crippen LogP) is 2.11. The summed E-state index contributed by atoms with van der Waals surface area (Å²) in [6.07, 6.45) is -0.827. The predicted molar refractivity (Wildman–Crippen MR) is 78.0 cm³/mol. The molecule has 1 aromatic carbocycles. The number of carbonyl (C=O) groups is 2. The summed E-state index contributed by atoms with van der Waals surface area (Å²) in [7, 11) is 0. The molecule has 7 nitrogen and oxygen atoms in total. The standard InChI is InChI=1S/C15H21NO6/c1-15(2,3)22-14(19)16-12(13(17)18)10-21-20-9-11-7-5-4-6-8-11/h4-8,12H,9-10H2,1-3H3,(H,16,19)(H,17,18)/t12-/m0/s1. The number of aliphatic carboxylic acids is 1.